The fourth-order valence-corrected chi connectivity index (χ4v) is 1.84. The van der Waals surface area contributed by atoms with Crippen molar-refractivity contribution < 1.29 is 4.74 Å². The van der Waals surface area contributed by atoms with Crippen LogP contribution in [-0.4, -0.2) is 20.2 Å². The number of ether oxygens (including phenoxy) is 1. The van der Waals surface area contributed by atoms with Gasteiger partial charge in [0.2, 0.25) is 0 Å². The zero-order valence-corrected chi connectivity index (χ0v) is 10.7. The van der Waals surface area contributed by atoms with Crippen LogP contribution >= 0.6 is 0 Å². The molecule has 0 fully saturated rings. The van der Waals surface area contributed by atoms with Crippen LogP contribution in [0, 0.1) is 0 Å². The molecule has 0 aliphatic heterocycles. The van der Waals surface area contributed by atoms with Crippen molar-refractivity contribution in [3.63, 3.8) is 0 Å². The van der Waals surface area contributed by atoms with Gasteiger partial charge in [-0.25, -0.2) is 0 Å². The van der Waals surface area contributed by atoms with Crippen molar-refractivity contribution in [2.24, 2.45) is 5.73 Å². The second kappa shape index (κ2) is 5.50. The molecule has 1 aromatic heterocycles. The van der Waals surface area contributed by atoms with Crippen LogP contribution in [0.3, 0.4) is 0 Å². The highest BCUT2D eigenvalue weighted by Gasteiger charge is 2.07. The van der Waals surface area contributed by atoms with Crippen molar-refractivity contribution in [2.45, 2.75) is 6.54 Å². The van der Waals surface area contributed by atoms with Crippen molar-refractivity contribution in [3.05, 3.63) is 60.4 Å². The Balaban J connectivity index is 1.90. The molecule has 3 aromatic rings. The van der Waals surface area contributed by atoms with Crippen LogP contribution in [0.4, 0.5) is 0 Å². The Morgan fingerprint density at radius 1 is 1.00 bits per heavy atom. The van der Waals surface area contributed by atoms with E-state index in [1.54, 1.807) is 4.68 Å². The van der Waals surface area contributed by atoms with E-state index in [0.717, 1.165) is 11.4 Å². The molecule has 2 aromatic carbocycles. The second-order valence-corrected chi connectivity index (χ2v) is 4.12. The van der Waals surface area contributed by atoms with Gasteiger partial charge in [0, 0.05) is 6.07 Å². The number of tetrazole rings is 1. The van der Waals surface area contributed by atoms with Gasteiger partial charge >= 0.3 is 0 Å². The largest absolute Gasteiger partial charge is 0.457 e. The fraction of sp³-hybridized carbons (Fsp3) is 0.0714. The summed E-state index contributed by atoms with van der Waals surface area (Å²) in [5, 5.41) is 11.4. The van der Waals surface area contributed by atoms with Crippen molar-refractivity contribution in [1.82, 2.24) is 20.2 Å². The third-order valence-corrected chi connectivity index (χ3v) is 2.76. The molecule has 20 heavy (non-hydrogen) atoms. The molecule has 6 heteroatoms. The number of aromatic nitrogens is 4. The summed E-state index contributed by atoms with van der Waals surface area (Å²) in [6, 6.07) is 17.1. The molecule has 0 saturated carbocycles. The molecule has 6 nitrogen and oxygen atoms in total. The highest BCUT2D eigenvalue weighted by Crippen LogP contribution is 2.23. The number of benzene rings is 2. The summed E-state index contributed by atoms with van der Waals surface area (Å²) in [6.07, 6.45) is 0. The molecule has 0 radical (unpaired) electrons. The number of nitrogens with two attached hydrogens (primary N) is 1. The Bertz CT molecular complexity index is 696. The highest BCUT2D eigenvalue weighted by atomic mass is 16.5. The third kappa shape index (κ3) is 2.50. The lowest BCUT2D eigenvalue weighted by Gasteiger charge is -2.08. The number of para-hydroxylation sites is 1. The Kier molecular flexibility index (Phi) is 3.38. The Morgan fingerprint density at radius 3 is 2.60 bits per heavy atom. The molecule has 3 rings (SSSR count). The normalized spacial score (nSPS) is 10.4. The van der Waals surface area contributed by atoms with E-state index >= 15 is 0 Å². The molecule has 0 spiro atoms. The van der Waals surface area contributed by atoms with E-state index in [1.807, 2.05) is 54.6 Å². The predicted molar refractivity (Wildman–Crippen MR) is 73.6 cm³/mol. The SMILES string of the molecule is NCc1nnnn1-c1cccc(Oc2ccccc2)c1. The zero-order valence-electron chi connectivity index (χ0n) is 10.7. The van der Waals surface area contributed by atoms with E-state index in [4.69, 9.17) is 10.5 Å². The van der Waals surface area contributed by atoms with E-state index in [-0.39, 0.29) is 6.54 Å². The molecule has 0 saturated heterocycles. The molecule has 0 atom stereocenters. The average molecular weight is 267 g/mol. The van der Waals surface area contributed by atoms with Crippen molar-refractivity contribution in [2.75, 3.05) is 0 Å². The lowest BCUT2D eigenvalue weighted by molar-refractivity contribution is 0.482. The fourth-order valence-electron chi connectivity index (χ4n) is 1.84. The van der Waals surface area contributed by atoms with Gasteiger partial charge in [-0.2, -0.15) is 4.68 Å². The Hall–Kier alpha value is -2.73. The first-order chi connectivity index (χ1) is 9.86. The standard InChI is InChI=1S/C14H13N5O/c15-10-14-16-17-18-19(14)11-5-4-8-13(9-11)20-12-6-2-1-3-7-12/h1-9H,10,15H2. The van der Waals surface area contributed by atoms with Crippen LogP contribution in [0.5, 0.6) is 11.5 Å². The number of nitrogens with zero attached hydrogens (tertiary/aromatic N) is 4. The van der Waals surface area contributed by atoms with Crippen LogP contribution in [0.25, 0.3) is 5.69 Å². The minimum Gasteiger partial charge on any atom is -0.457 e. The van der Waals surface area contributed by atoms with Crippen molar-refractivity contribution in [3.8, 4) is 17.2 Å². The monoisotopic (exact) mass is 267 g/mol. The highest BCUT2D eigenvalue weighted by molar-refractivity contribution is 5.41. The molecule has 100 valence electrons. The van der Waals surface area contributed by atoms with Gasteiger partial charge in [-0.15, -0.1) is 5.10 Å². The maximum Gasteiger partial charge on any atom is 0.170 e. The molecule has 0 bridgehead atoms. The average Bonchev–Trinajstić information content (AvgIpc) is 2.97. The quantitative estimate of drug-likeness (QED) is 0.781. The molecular formula is C14H13N5O. The summed E-state index contributed by atoms with van der Waals surface area (Å²) in [7, 11) is 0. The van der Waals surface area contributed by atoms with E-state index in [9.17, 15) is 0 Å². The second-order valence-electron chi connectivity index (χ2n) is 4.12. The van der Waals surface area contributed by atoms with Crippen LogP contribution < -0.4 is 10.5 Å². The molecule has 1 heterocycles. The summed E-state index contributed by atoms with van der Waals surface area (Å²) in [5.74, 6) is 2.09. The molecule has 0 aliphatic carbocycles. The topological polar surface area (TPSA) is 78.9 Å². The van der Waals surface area contributed by atoms with Gasteiger partial charge in [-0.1, -0.05) is 24.3 Å². The van der Waals surface area contributed by atoms with E-state index in [2.05, 4.69) is 15.5 Å². The van der Waals surface area contributed by atoms with Gasteiger partial charge in [0.25, 0.3) is 0 Å². The first-order valence-electron chi connectivity index (χ1n) is 6.17. The molecule has 0 unspecified atom stereocenters. The van der Waals surface area contributed by atoms with Gasteiger partial charge < -0.3 is 10.5 Å². The summed E-state index contributed by atoms with van der Waals surface area (Å²) >= 11 is 0. The van der Waals surface area contributed by atoms with E-state index in [1.165, 1.54) is 0 Å². The minimum atomic E-state index is 0.275. The van der Waals surface area contributed by atoms with Gasteiger partial charge in [-0.3, -0.25) is 0 Å². The molecule has 0 aliphatic rings. The minimum absolute atomic E-state index is 0.275. The van der Waals surface area contributed by atoms with Crippen molar-refractivity contribution >= 4 is 0 Å². The lowest BCUT2D eigenvalue weighted by atomic mass is 10.3. The number of hydrogen-bond acceptors (Lipinski definition) is 5. The summed E-state index contributed by atoms with van der Waals surface area (Å²) in [4.78, 5) is 0. The molecule has 2 N–H and O–H groups in total. The summed E-state index contributed by atoms with van der Waals surface area (Å²) in [6.45, 7) is 0.275. The van der Waals surface area contributed by atoms with E-state index in [0.29, 0.717) is 11.6 Å². The van der Waals surface area contributed by atoms with Gasteiger partial charge in [0.15, 0.2) is 5.82 Å². The van der Waals surface area contributed by atoms with Gasteiger partial charge in [0.1, 0.15) is 11.5 Å². The van der Waals surface area contributed by atoms with Crippen LogP contribution in [-0.2, 0) is 6.54 Å². The van der Waals surface area contributed by atoms with Gasteiger partial charge in [0.05, 0.1) is 12.2 Å². The van der Waals surface area contributed by atoms with Gasteiger partial charge in [-0.05, 0) is 34.7 Å². The first-order valence-corrected chi connectivity index (χ1v) is 6.17. The predicted octanol–water partition coefficient (Wildman–Crippen LogP) is 1.91. The summed E-state index contributed by atoms with van der Waals surface area (Å²) in [5.41, 5.74) is 6.41. The maximum atomic E-state index is 5.78. The maximum absolute atomic E-state index is 5.78. The lowest BCUT2D eigenvalue weighted by Crippen LogP contribution is -2.07. The summed E-state index contributed by atoms with van der Waals surface area (Å²) < 4.78 is 7.37. The third-order valence-electron chi connectivity index (χ3n) is 2.76. The Morgan fingerprint density at radius 2 is 1.80 bits per heavy atom. The van der Waals surface area contributed by atoms with Crippen LogP contribution in [0.1, 0.15) is 5.82 Å². The smallest absolute Gasteiger partial charge is 0.170 e. The number of rotatable bonds is 4. The zero-order chi connectivity index (χ0) is 13.8. The number of hydrogen-bond donors (Lipinski definition) is 1. The Labute approximate surface area is 115 Å². The van der Waals surface area contributed by atoms with Crippen LogP contribution in [0.15, 0.2) is 54.6 Å². The molecular weight excluding hydrogens is 254 g/mol. The van der Waals surface area contributed by atoms with E-state index < -0.39 is 0 Å². The van der Waals surface area contributed by atoms with Crippen molar-refractivity contribution in [1.29, 1.82) is 0 Å². The van der Waals surface area contributed by atoms with Crippen LogP contribution in [0.2, 0.25) is 0 Å². The first kappa shape index (κ1) is 12.3. The molecule has 0 amide bonds.